The van der Waals surface area contributed by atoms with E-state index in [2.05, 4.69) is 81.4 Å². The van der Waals surface area contributed by atoms with E-state index in [1.165, 1.54) is 12.4 Å². The van der Waals surface area contributed by atoms with Crippen LogP contribution in [-0.4, -0.2) is 264 Å². The van der Waals surface area contributed by atoms with Crippen molar-refractivity contribution >= 4 is 208 Å². The zero-order valence-electron chi connectivity index (χ0n) is 78.1. The van der Waals surface area contributed by atoms with Crippen molar-refractivity contribution in [2.24, 2.45) is 0 Å². The summed E-state index contributed by atoms with van der Waals surface area (Å²) < 4.78 is 85.5. The summed E-state index contributed by atoms with van der Waals surface area (Å²) in [5.74, 6) is 5.13. The molecule has 0 amide bonds. The molecule has 0 unspecified atom stereocenters. The molecule has 10 fully saturated rings. The number of hydrogen-bond donors (Lipinski definition) is 12. The summed E-state index contributed by atoms with van der Waals surface area (Å²) in [7, 11) is 0. The summed E-state index contributed by atoms with van der Waals surface area (Å²) in [5, 5.41) is 68.4. The minimum absolute atomic E-state index is 0. The smallest absolute Gasteiger partial charge is 0.229 e. The van der Waals surface area contributed by atoms with E-state index in [4.69, 9.17) is 199 Å². The Kier molecular flexibility index (Phi) is 47.7. The van der Waals surface area contributed by atoms with E-state index in [-0.39, 0.29) is 166 Å². The number of nitrogen functional groups attached to an aromatic ring is 2. The second kappa shape index (κ2) is 59.2. The predicted molar refractivity (Wildman–Crippen MR) is 569 cm³/mol. The molecule has 0 spiro atoms. The summed E-state index contributed by atoms with van der Waals surface area (Å²) in [5.41, 5.74) is 16.1. The fourth-order valence-corrected chi connectivity index (χ4v) is 17.5. The van der Waals surface area contributed by atoms with Crippen LogP contribution in [0.15, 0.2) is 213 Å². The number of aliphatic hydroxyl groups excluding tert-OH is 5. The van der Waals surface area contributed by atoms with Gasteiger partial charge in [-0.3, -0.25) is 4.93 Å². The normalized spacial score (nSPS) is 24.7. The summed E-state index contributed by atoms with van der Waals surface area (Å²) in [6.07, 6.45) is -0.0688. The molecule has 20 atom stereocenters. The van der Waals surface area contributed by atoms with Gasteiger partial charge in [-0.2, -0.15) is 9.97 Å². The predicted octanol–water partition coefficient (Wildman–Crippen LogP) is 18.6. The Bertz CT molecular complexity index is 5930. The van der Waals surface area contributed by atoms with Crippen LogP contribution in [0.5, 0.6) is 28.7 Å². The molecule has 10 aliphatic heterocycles. The van der Waals surface area contributed by atoms with Crippen LogP contribution in [0.4, 0.5) is 69.2 Å². The molecule has 22 rings (SSSR count). The van der Waals surface area contributed by atoms with Gasteiger partial charge in [0.05, 0.1) is 91.2 Å². The molecule has 0 bridgehead atoms. The van der Waals surface area contributed by atoms with Gasteiger partial charge in [0.25, 0.3) is 0 Å². The third kappa shape index (κ3) is 33.8. The molecule has 7 aromatic carbocycles. The molecule has 0 saturated carbocycles. The molecule has 1 radical (unpaired) electrons. The van der Waals surface area contributed by atoms with Crippen molar-refractivity contribution in [1.82, 2.24) is 49.8 Å². The topological polar surface area (TPSA) is 481 Å². The maximum atomic E-state index is 9.94. The Balaban J connectivity index is 0.000000174. The molecule has 787 valence electrons. The Morgan fingerprint density at radius 2 is 0.537 bits per heavy atom. The average Bonchev–Trinajstić information content (AvgIpc) is 1.64. The quantitative estimate of drug-likeness (QED) is 0.0111. The van der Waals surface area contributed by atoms with Crippen molar-refractivity contribution in [2.75, 3.05) is 104 Å². The average molecular weight is 2380 g/mol. The van der Waals surface area contributed by atoms with E-state index in [1.54, 1.807) is 122 Å². The Morgan fingerprint density at radius 3 is 0.803 bits per heavy atom. The van der Waals surface area contributed by atoms with Crippen molar-refractivity contribution in [1.29, 1.82) is 0 Å². The first-order chi connectivity index (χ1) is 70.3. The number of nitrogens with two attached hydrogens (primary N) is 2. The molecular weight excluding hydrogens is 2270 g/mol. The van der Waals surface area contributed by atoms with Crippen molar-refractivity contribution in [3.63, 3.8) is 0 Å². The summed E-state index contributed by atoms with van der Waals surface area (Å²) in [6, 6.07) is 53.9. The Labute approximate surface area is 924 Å². The number of fused-ring (bicyclic) bond motifs is 5. The number of hydrogen-bond acceptors (Lipinski definition) is 37. The van der Waals surface area contributed by atoms with Gasteiger partial charge in [-0.1, -0.05) is 153 Å². The summed E-state index contributed by atoms with van der Waals surface area (Å²) in [6.45, 7) is 11.0. The van der Waals surface area contributed by atoms with Crippen LogP contribution in [0, 0.1) is 4.93 Å². The number of aliphatic hydroxyl groups is 5. The van der Waals surface area contributed by atoms with E-state index in [0.717, 1.165) is 22.7 Å². The molecule has 10 aliphatic rings. The van der Waals surface area contributed by atoms with Crippen molar-refractivity contribution in [2.45, 2.75) is 157 Å². The van der Waals surface area contributed by atoms with Gasteiger partial charge in [-0.15, -0.1) is 0 Å². The zero-order chi connectivity index (χ0) is 103. The zero-order valence-corrected chi connectivity index (χ0v) is 89.2. The van der Waals surface area contributed by atoms with Crippen LogP contribution in [0.1, 0.15) is 35.1 Å². The number of halogens is 11. The number of aromatic nitrogens is 10. The summed E-state index contributed by atoms with van der Waals surface area (Å²) in [4.78, 5) is 43.1. The fourth-order valence-electron chi connectivity index (χ4n) is 15.5. The molecule has 147 heavy (non-hydrogen) atoms. The van der Waals surface area contributed by atoms with Gasteiger partial charge in [0.15, 0.2) is 30.5 Å². The van der Waals surface area contributed by atoms with E-state index in [1.807, 2.05) is 129 Å². The van der Waals surface area contributed by atoms with Gasteiger partial charge in [0.2, 0.25) is 27.7 Å². The first kappa shape index (κ1) is 118. The minimum atomic E-state index is -0.648. The van der Waals surface area contributed by atoms with Crippen LogP contribution < -0.4 is 61.7 Å². The molecule has 15 heterocycles. The molecule has 37 nitrogen and oxygen atoms in total. The molecular formula is C98H107Cl10IN17O20V-. The second-order valence-electron chi connectivity index (χ2n) is 31.8. The van der Waals surface area contributed by atoms with Crippen LogP contribution in [0.25, 0.3) is 0 Å². The van der Waals surface area contributed by atoms with E-state index in [9.17, 15) is 25.5 Å². The number of anilines is 12. The Hall–Kier alpha value is -8.85. The first-order valence-electron chi connectivity index (χ1n) is 45.3. The van der Waals surface area contributed by atoms with E-state index < -0.39 is 30.5 Å². The second-order valence-corrected chi connectivity index (χ2v) is 35.6. The van der Waals surface area contributed by atoms with Gasteiger partial charge in [0, 0.05) is 89.4 Å². The molecule has 5 aromatic heterocycles. The van der Waals surface area contributed by atoms with Crippen molar-refractivity contribution < 1.29 is 115 Å². The molecule has 14 N–H and O–H groups in total. The van der Waals surface area contributed by atoms with Gasteiger partial charge < -0.3 is 157 Å². The standard InChI is InChI=1S/C28H28Cl2N4O8.C22H21ClN4O4.C16H15Cl2N3O4.C12H14ClNO4.C6H7N.2C4H2Cl2N2.2C2H6.CH2I.CH4.V/c29-15-7-13(1-3-19(15)41-21-11-39-24-17(35)9-37-26(21)24)32-23-5-6-31-28(34-23)33-14-2-4-20(16(30)8-14)42-22-12-40-25-18(36)10-38-27(22)25;23-15-10-14(6-7-17(15)31-18-12-30-20-16(28)11-29-21(18)20)25-19-8-9-24-22(27-19)26-13-4-2-1-3-5-13;17-9-5-8(20-13-3-4-19-16(18)21-13)1-2-11(9)25-12-7-24-14-10(22)6-23-15(12)14;13-7-3-6(14)1-2-9(7)18-10-5-17-11-8(15)4-16-12(10)11;7-6-4-2-1-3-5-6;2*5-3-1-2-7-4(6)8-3;3*1-2;;/h1-8,17-18,21-22,24-27,35-36H,9-12H2,(H2,31,32,33,34);1-10,16,18,20-21,28H,11-12H2,(H2,24,25,26,27);1-5,10,12,14-15,22H,6-7H2,(H,19,20,21);1-3,8,10-12,15H,4-5,14H2;1-5H,7H2;2*1-2H;2*1-2H3;1H2;1H4;/q;;;;;;;;;-1;;/t17-,18-,21-,22-,24+,25+,26+,27+;16-,18-,20+,21+;10-,12-,14+,15+;8-,10-,11+,12+;;;;;;;;/m0000......../s1. The van der Waals surface area contributed by atoms with Crippen molar-refractivity contribution in [3.8, 4) is 28.7 Å². The van der Waals surface area contributed by atoms with E-state index in [0.29, 0.717) is 144 Å². The maximum Gasteiger partial charge on any atom is 0.229 e. The molecule has 12 aromatic rings. The SMILES string of the molecule is C.CC.CC.Clc1ccnc(Cl)n1.Clc1ccnc(Cl)n1.Nc1ccc(O[C@H]2CO[C@H]3[C@@H]2OC[C@@H]3O)c(Cl)c1.Nc1ccccc1.O[C@H]1CO[C@H]2[C@@H]1OC[C@@H]2Oc1ccc(Nc2ccnc(Cl)n2)cc1Cl.O[C@H]1CO[C@H]2[C@@H]1OC[C@@H]2Oc1ccc(Nc2ccnc(Nc3ccc(O[C@H]4CO[C@H]5[C@@H]4OC[C@@H]5O)c(Cl)c3)n2)cc1Cl.O[C@H]1CO[C@H]2[C@@H]1OC[C@@H]2Oc1ccc(Nc2ccnc(Nc3ccccc3)n2)cc1Cl.[CH2-]I.[V]. The van der Waals surface area contributed by atoms with Gasteiger partial charge >= 0.3 is 0 Å². The van der Waals surface area contributed by atoms with Gasteiger partial charge in [-0.05, 0) is 180 Å². The van der Waals surface area contributed by atoms with Crippen LogP contribution in [0.2, 0.25) is 51.3 Å². The number of nitrogens with one attached hydrogen (secondary N) is 5. The van der Waals surface area contributed by atoms with E-state index >= 15 is 0 Å². The van der Waals surface area contributed by atoms with Gasteiger partial charge in [0.1, 0.15) is 148 Å². The largest absolute Gasteiger partial charge is 0.484 e. The number of nitrogens with zero attached hydrogens (tertiary/aromatic N) is 10. The minimum Gasteiger partial charge on any atom is -0.484 e. The number of para-hydroxylation sites is 2. The van der Waals surface area contributed by atoms with Crippen LogP contribution in [0.3, 0.4) is 0 Å². The third-order valence-corrected chi connectivity index (χ3v) is 24.5. The number of benzene rings is 7. The van der Waals surface area contributed by atoms with Crippen LogP contribution in [-0.2, 0) is 65.9 Å². The number of ether oxygens (including phenoxy) is 15. The number of rotatable bonds is 20. The van der Waals surface area contributed by atoms with Crippen LogP contribution >= 0.6 is 139 Å². The molecule has 49 heteroatoms. The van der Waals surface area contributed by atoms with Gasteiger partial charge in [-0.25, -0.2) is 39.9 Å². The fraction of sp³-hybridized carbons (Fsp3) is 0.357. The van der Waals surface area contributed by atoms with Crippen molar-refractivity contribution in [3.05, 3.63) is 269 Å². The monoisotopic (exact) mass is 2370 g/mol. The Morgan fingerprint density at radius 1 is 0.286 bits per heavy atom. The molecule has 0 aliphatic carbocycles. The first-order valence-corrected chi connectivity index (χ1v) is 50.6. The summed E-state index contributed by atoms with van der Waals surface area (Å²) >= 11 is 61.0. The maximum absolute atomic E-state index is 9.94. The third-order valence-electron chi connectivity index (χ3n) is 22.0. The molecule has 10 saturated heterocycles.